The van der Waals surface area contributed by atoms with Gasteiger partial charge >= 0.3 is 12.1 Å². The second-order valence-corrected chi connectivity index (χ2v) is 7.86. The Labute approximate surface area is 180 Å². The van der Waals surface area contributed by atoms with Gasteiger partial charge in [-0.3, -0.25) is 0 Å². The summed E-state index contributed by atoms with van der Waals surface area (Å²) in [4.78, 5) is 28.7. The highest BCUT2D eigenvalue weighted by atomic mass is 16.5. The van der Waals surface area contributed by atoms with E-state index in [4.69, 9.17) is 4.74 Å². The van der Waals surface area contributed by atoms with Crippen LogP contribution in [0.5, 0.6) is 0 Å². The standard InChI is InChI=1S/C24H25N3O4/c1-14-12-27(16(3)25-14)15(2)22(23(28)29)26-24(30)31-13-21-19-10-6-4-8-17(19)18-9-5-7-11-20(18)21/h4-12,15,21-22H,13H2,1-3H3,(H,26,30)(H,28,29). The maximum Gasteiger partial charge on any atom is 0.407 e. The summed E-state index contributed by atoms with van der Waals surface area (Å²) in [6.07, 6.45) is 1.02. The number of benzene rings is 2. The van der Waals surface area contributed by atoms with Crippen molar-refractivity contribution in [2.75, 3.05) is 6.61 Å². The summed E-state index contributed by atoms with van der Waals surface area (Å²) in [5.41, 5.74) is 5.26. The zero-order valence-electron chi connectivity index (χ0n) is 17.7. The van der Waals surface area contributed by atoms with Crippen LogP contribution in [0.25, 0.3) is 11.1 Å². The fourth-order valence-electron chi connectivity index (χ4n) is 4.37. The number of hydrogen-bond donors (Lipinski definition) is 2. The first-order valence-electron chi connectivity index (χ1n) is 10.2. The second kappa shape index (κ2) is 8.26. The predicted molar refractivity (Wildman–Crippen MR) is 116 cm³/mol. The molecule has 0 aliphatic heterocycles. The molecule has 0 saturated carbocycles. The lowest BCUT2D eigenvalue weighted by molar-refractivity contribution is -0.140. The van der Waals surface area contributed by atoms with E-state index in [1.54, 1.807) is 24.6 Å². The Balaban J connectivity index is 1.47. The number of carbonyl (C=O) groups excluding carboxylic acids is 1. The molecule has 3 aromatic rings. The van der Waals surface area contributed by atoms with Crippen molar-refractivity contribution >= 4 is 12.1 Å². The highest BCUT2D eigenvalue weighted by molar-refractivity contribution is 5.81. The number of carbonyl (C=O) groups is 2. The van der Waals surface area contributed by atoms with Crippen LogP contribution in [-0.2, 0) is 9.53 Å². The number of nitrogens with zero attached hydrogens (tertiary/aromatic N) is 2. The van der Waals surface area contributed by atoms with Crippen LogP contribution in [0.2, 0.25) is 0 Å². The molecular weight excluding hydrogens is 394 g/mol. The number of rotatable bonds is 6. The van der Waals surface area contributed by atoms with Gasteiger partial charge in [-0.1, -0.05) is 48.5 Å². The van der Waals surface area contributed by atoms with E-state index < -0.39 is 24.1 Å². The number of ether oxygens (including phenoxy) is 1. The summed E-state index contributed by atoms with van der Waals surface area (Å²) in [6.45, 7) is 5.50. The quantitative estimate of drug-likeness (QED) is 0.629. The largest absolute Gasteiger partial charge is 0.480 e. The van der Waals surface area contributed by atoms with Gasteiger partial charge in [-0.05, 0) is 43.0 Å². The SMILES string of the molecule is Cc1cn(C(C)C(NC(=O)OCC2c3ccccc3-c3ccccc32)C(=O)O)c(C)n1. The molecule has 2 N–H and O–H groups in total. The lowest BCUT2D eigenvalue weighted by Gasteiger charge is -2.24. The number of alkyl carbamates (subject to hydrolysis) is 1. The van der Waals surface area contributed by atoms with Gasteiger partial charge in [0.05, 0.1) is 11.7 Å². The minimum absolute atomic E-state index is 0.0857. The predicted octanol–water partition coefficient (Wildman–Crippen LogP) is 4.05. The summed E-state index contributed by atoms with van der Waals surface area (Å²) in [7, 11) is 0. The highest BCUT2D eigenvalue weighted by Crippen LogP contribution is 2.44. The van der Waals surface area contributed by atoms with Crippen molar-refractivity contribution < 1.29 is 19.4 Å². The van der Waals surface area contributed by atoms with Crippen LogP contribution in [-0.4, -0.2) is 39.4 Å². The number of amides is 1. The van der Waals surface area contributed by atoms with Crippen LogP contribution >= 0.6 is 0 Å². The highest BCUT2D eigenvalue weighted by Gasteiger charge is 2.32. The first-order chi connectivity index (χ1) is 14.9. The van der Waals surface area contributed by atoms with Gasteiger partial charge in [-0.2, -0.15) is 0 Å². The molecule has 31 heavy (non-hydrogen) atoms. The minimum atomic E-state index is -1.15. The number of aromatic nitrogens is 2. The molecule has 1 aromatic heterocycles. The number of nitrogens with one attached hydrogen (secondary N) is 1. The second-order valence-electron chi connectivity index (χ2n) is 7.86. The molecule has 0 radical (unpaired) electrons. The molecule has 0 bridgehead atoms. The Morgan fingerprint density at radius 2 is 1.68 bits per heavy atom. The molecule has 1 aliphatic carbocycles. The molecule has 0 saturated heterocycles. The average molecular weight is 419 g/mol. The van der Waals surface area contributed by atoms with Crippen molar-refractivity contribution in [3.8, 4) is 11.1 Å². The van der Waals surface area contributed by atoms with Crippen LogP contribution in [0.3, 0.4) is 0 Å². The fraction of sp³-hybridized carbons (Fsp3) is 0.292. The van der Waals surface area contributed by atoms with Crippen molar-refractivity contribution in [1.29, 1.82) is 0 Å². The molecule has 7 nitrogen and oxygen atoms in total. The van der Waals surface area contributed by atoms with E-state index >= 15 is 0 Å². The van der Waals surface area contributed by atoms with E-state index in [1.165, 1.54) is 0 Å². The topological polar surface area (TPSA) is 93.5 Å². The van der Waals surface area contributed by atoms with Gasteiger partial charge < -0.3 is 19.7 Å². The molecule has 0 spiro atoms. The minimum Gasteiger partial charge on any atom is -0.480 e. The molecule has 7 heteroatoms. The molecule has 4 rings (SSSR count). The van der Waals surface area contributed by atoms with Gasteiger partial charge in [-0.25, -0.2) is 14.6 Å². The van der Waals surface area contributed by atoms with Gasteiger partial charge in [-0.15, -0.1) is 0 Å². The normalized spacial score (nSPS) is 14.4. The number of hydrogen-bond acceptors (Lipinski definition) is 4. The van der Waals surface area contributed by atoms with Gasteiger partial charge in [0.15, 0.2) is 0 Å². The molecule has 160 valence electrons. The summed E-state index contributed by atoms with van der Waals surface area (Å²) in [6, 6.07) is 14.4. The molecule has 2 unspecified atom stereocenters. The third-order valence-corrected chi connectivity index (χ3v) is 5.84. The Morgan fingerprint density at radius 3 is 2.19 bits per heavy atom. The van der Waals surface area contributed by atoms with Crippen molar-refractivity contribution in [2.24, 2.45) is 0 Å². The summed E-state index contributed by atoms with van der Waals surface area (Å²) < 4.78 is 7.25. The van der Waals surface area contributed by atoms with E-state index in [0.717, 1.165) is 27.9 Å². The van der Waals surface area contributed by atoms with Crippen molar-refractivity contribution in [2.45, 2.75) is 38.8 Å². The van der Waals surface area contributed by atoms with Gasteiger partial charge in [0, 0.05) is 12.1 Å². The molecule has 1 amide bonds. The van der Waals surface area contributed by atoms with Crippen LogP contribution in [0.4, 0.5) is 4.79 Å². The molecule has 1 heterocycles. The molecule has 1 aliphatic rings. The third kappa shape index (κ3) is 3.91. The number of carboxylic acid groups (broad SMARTS) is 1. The van der Waals surface area contributed by atoms with Crippen LogP contribution < -0.4 is 5.32 Å². The lowest BCUT2D eigenvalue weighted by Crippen LogP contribution is -2.46. The first kappa shape index (κ1) is 20.7. The number of carboxylic acids is 1. The number of aryl methyl sites for hydroxylation is 2. The number of fused-ring (bicyclic) bond motifs is 3. The van der Waals surface area contributed by atoms with E-state index in [2.05, 4.69) is 22.4 Å². The third-order valence-electron chi connectivity index (χ3n) is 5.84. The van der Waals surface area contributed by atoms with Gasteiger partial charge in [0.1, 0.15) is 18.5 Å². The van der Waals surface area contributed by atoms with Crippen LogP contribution in [0.15, 0.2) is 54.7 Å². The monoisotopic (exact) mass is 419 g/mol. The lowest BCUT2D eigenvalue weighted by atomic mass is 9.98. The van der Waals surface area contributed by atoms with Crippen molar-refractivity contribution in [3.05, 3.63) is 77.4 Å². The Hall–Kier alpha value is -3.61. The number of imidazole rings is 1. The van der Waals surface area contributed by atoms with E-state index in [-0.39, 0.29) is 12.5 Å². The van der Waals surface area contributed by atoms with Crippen molar-refractivity contribution in [3.63, 3.8) is 0 Å². The molecule has 2 aromatic carbocycles. The zero-order valence-corrected chi connectivity index (χ0v) is 17.7. The summed E-state index contributed by atoms with van der Waals surface area (Å²) >= 11 is 0. The van der Waals surface area contributed by atoms with Gasteiger partial charge in [0.2, 0.25) is 0 Å². The van der Waals surface area contributed by atoms with Crippen LogP contribution in [0.1, 0.15) is 41.5 Å². The smallest absolute Gasteiger partial charge is 0.407 e. The molecular formula is C24H25N3O4. The van der Waals surface area contributed by atoms with E-state index in [0.29, 0.717) is 5.82 Å². The van der Waals surface area contributed by atoms with E-state index in [1.807, 2.05) is 43.3 Å². The maximum absolute atomic E-state index is 12.5. The van der Waals surface area contributed by atoms with Crippen molar-refractivity contribution in [1.82, 2.24) is 14.9 Å². The fourth-order valence-corrected chi connectivity index (χ4v) is 4.37. The molecule has 0 fully saturated rings. The Morgan fingerprint density at radius 1 is 1.10 bits per heavy atom. The Bertz CT molecular complexity index is 1090. The summed E-state index contributed by atoms with van der Waals surface area (Å²) in [5.74, 6) is -0.533. The van der Waals surface area contributed by atoms with Gasteiger partial charge in [0.25, 0.3) is 0 Å². The first-order valence-corrected chi connectivity index (χ1v) is 10.2. The summed E-state index contributed by atoms with van der Waals surface area (Å²) in [5, 5.41) is 12.2. The zero-order chi connectivity index (χ0) is 22.1. The van der Waals surface area contributed by atoms with E-state index in [9.17, 15) is 14.7 Å². The molecule has 2 atom stereocenters. The maximum atomic E-state index is 12.5. The average Bonchev–Trinajstić information content (AvgIpc) is 3.26. The Kier molecular flexibility index (Phi) is 5.50. The van der Waals surface area contributed by atoms with Crippen LogP contribution in [0, 0.1) is 13.8 Å². The number of aliphatic carboxylic acids is 1.